The predicted octanol–water partition coefficient (Wildman–Crippen LogP) is 0.949. The van der Waals surface area contributed by atoms with Gasteiger partial charge in [-0.3, -0.25) is 0 Å². The molecule has 1 aliphatic rings. The van der Waals surface area contributed by atoms with E-state index in [1.54, 1.807) is 12.4 Å². The van der Waals surface area contributed by atoms with Gasteiger partial charge >= 0.3 is 0 Å². The van der Waals surface area contributed by atoms with Gasteiger partial charge in [0.2, 0.25) is 0 Å². The van der Waals surface area contributed by atoms with Crippen LogP contribution >= 0.6 is 11.6 Å². The predicted molar refractivity (Wildman–Crippen MR) is 54.4 cm³/mol. The van der Waals surface area contributed by atoms with Gasteiger partial charge in [0.05, 0.1) is 0 Å². The zero-order chi connectivity index (χ0) is 9.97. The van der Waals surface area contributed by atoms with Crippen LogP contribution in [-0.2, 0) is 0 Å². The molecule has 2 heterocycles. The Kier molecular flexibility index (Phi) is 2.84. The third-order valence-electron chi connectivity index (χ3n) is 2.48. The number of aromatic nitrogens is 2. The van der Waals surface area contributed by atoms with Crippen LogP contribution in [0.5, 0.6) is 0 Å². The van der Waals surface area contributed by atoms with Crippen molar-refractivity contribution in [1.82, 2.24) is 9.97 Å². The molecular weight excluding hydrogens is 202 g/mol. The van der Waals surface area contributed by atoms with Gasteiger partial charge in [-0.05, 0) is 6.42 Å². The Morgan fingerprint density at radius 2 is 2.29 bits per heavy atom. The molecule has 0 radical (unpaired) electrons. The topological polar surface area (TPSA) is 49.2 Å². The summed E-state index contributed by atoms with van der Waals surface area (Å²) in [5.74, 6) is 1.07. The van der Waals surface area contributed by atoms with Crippen molar-refractivity contribution in [1.29, 1.82) is 0 Å². The summed E-state index contributed by atoms with van der Waals surface area (Å²) in [6, 6.07) is 0. The highest BCUT2D eigenvalue weighted by molar-refractivity contribution is 6.31. The van der Waals surface area contributed by atoms with Crippen molar-refractivity contribution in [2.45, 2.75) is 6.42 Å². The monoisotopic (exact) mass is 213 g/mol. The first-order valence-electron chi connectivity index (χ1n) is 4.63. The number of nitrogens with zero attached hydrogens (tertiary/aromatic N) is 3. The zero-order valence-electron chi connectivity index (χ0n) is 7.73. The summed E-state index contributed by atoms with van der Waals surface area (Å²) in [7, 11) is 0. The highest BCUT2D eigenvalue weighted by atomic mass is 35.5. The molecule has 0 aliphatic carbocycles. The van der Waals surface area contributed by atoms with E-state index in [0.29, 0.717) is 11.1 Å². The zero-order valence-corrected chi connectivity index (χ0v) is 8.48. The molecule has 0 aromatic carbocycles. The smallest absolute Gasteiger partial charge is 0.171 e. The largest absolute Gasteiger partial charge is 0.396 e. The summed E-state index contributed by atoms with van der Waals surface area (Å²) < 4.78 is 0. The molecule has 1 unspecified atom stereocenters. The first kappa shape index (κ1) is 9.68. The van der Waals surface area contributed by atoms with E-state index in [9.17, 15) is 0 Å². The van der Waals surface area contributed by atoms with Crippen LogP contribution in [0.3, 0.4) is 0 Å². The van der Waals surface area contributed by atoms with Crippen molar-refractivity contribution in [3.05, 3.63) is 17.5 Å². The number of anilines is 1. The first-order valence-corrected chi connectivity index (χ1v) is 5.01. The molecule has 0 spiro atoms. The molecule has 4 nitrogen and oxygen atoms in total. The van der Waals surface area contributed by atoms with Gasteiger partial charge in [0.1, 0.15) is 0 Å². The van der Waals surface area contributed by atoms with E-state index in [1.807, 2.05) is 0 Å². The molecule has 1 N–H and O–H groups in total. The Morgan fingerprint density at radius 3 is 2.93 bits per heavy atom. The second kappa shape index (κ2) is 4.11. The lowest BCUT2D eigenvalue weighted by Crippen LogP contribution is -2.22. The Bertz CT molecular complexity index is 321. The quantitative estimate of drug-likeness (QED) is 0.795. The highest BCUT2D eigenvalue weighted by Crippen LogP contribution is 2.26. The Labute approximate surface area is 87.5 Å². The van der Waals surface area contributed by atoms with E-state index < -0.39 is 0 Å². The normalized spacial score (nSPS) is 21.6. The van der Waals surface area contributed by atoms with Gasteiger partial charge in [0, 0.05) is 38.0 Å². The van der Waals surface area contributed by atoms with Crippen molar-refractivity contribution in [3.8, 4) is 0 Å². The van der Waals surface area contributed by atoms with Crippen LogP contribution in [0.2, 0.25) is 5.15 Å². The maximum atomic E-state index is 9.00. The van der Waals surface area contributed by atoms with Gasteiger partial charge in [-0.25, -0.2) is 9.97 Å². The van der Waals surface area contributed by atoms with Crippen molar-refractivity contribution in [3.63, 3.8) is 0 Å². The molecule has 0 saturated carbocycles. The van der Waals surface area contributed by atoms with Crippen LogP contribution in [0.4, 0.5) is 5.82 Å². The van der Waals surface area contributed by atoms with Crippen LogP contribution in [0, 0.1) is 5.92 Å². The number of hydrogen-bond acceptors (Lipinski definition) is 4. The van der Waals surface area contributed by atoms with Gasteiger partial charge < -0.3 is 10.0 Å². The number of rotatable bonds is 2. The number of aliphatic hydroxyl groups excluding tert-OH is 1. The number of hydrogen-bond donors (Lipinski definition) is 1. The van der Waals surface area contributed by atoms with E-state index in [2.05, 4.69) is 14.9 Å². The minimum Gasteiger partial charge on any atom is -0.396 e. The van der Waals surface area contributed by atoms with Crippen molar-refractivity contribution in [2.75, 3.05) is 24.6 Å². The van der Waals surface area contributed by atoms with E-state index in [0.717, 1.165) is 25.3 Å². The molecule has 2 rings (SSSR count). The van der Waals surface area contributed by atoms with Crippen molar-refractivity contribution >= 4 is 17.4 Å². The summed E-state index contributed by atoms with van der Waals surface area (Å²) in [5.41, 5.74) is 0. The maximum Gasteiger partial charge on any atom is 0.171 e. The van der Waals surface area contributed by atoms with Crippen molar-refractivity contribution in [2.24, 2.45) is 5.92 Å². The lowest BCUT2D eigenvalue weighted by molar-refractivity contribution is 0.238. The van der Waals surface area contributed by atoms with Crippen LogP contribution in [0.25, 0.3) is 0 Å². The molecule has 0 bridgehead atoms. The minimum absolute atomic E-state index is 0.231. The van der Waals surface area contributed by atoms with Crippen LogP contribution in [-0.4, -0.2) is 34.8 Å². The summed E-state index contributed by atoms with van der Waals surface area (Å²) in [6.45, 7) is 1.94. The summed E-state index contributed by atoms with van der Waals surface area (Å²) in [4.78, 5) is 10.2. The molecule has 76 valence electrons. The number of halogens is 1. The molecule has 1 fully saturated rings. The first-order chi connectivity index (χ1) is 6.81. The van der Waals surface area contributed by atoms with E-state index in [1.165, 1.54) is 0 Å². The van der Waals surface area contributed by atoms with Crippen LogP contribution in [0.15, 0.2) is 12.4 Å². The highest BCUT2D eigenvalue weighted by Gasteiger charge is 2.24. The van der Waals surface area contributed by atoms with Gasteiger partial charge in [0.25, 0.3) is 0 Å². The lowest BCUT2D eigenvalue weighted by Gasteiger charge is -2.17. The van der Waals surface area contributed by atoms with Crippen LogP contribution < -0.4 is 4.90 Å². The van der Waals surface area contributed by atoms with Gasteiger partial charge in [-0.2, -0.15) is 0 Å². The summed E-state index contributed by atoms with van der Waals surface area (Å²) in [6.07, 6.45) is 4.20. The third kappa shape index (κ3) is 1.81. The Balaban J connectivity index is 2.13. The fourth-order valence-corrected chi connectivity index (χ4v) is 1.92. The molecule has 0 amide bonds. The SMILES string of the molecule is OCC1CCN(c2nccnc2Cl)C1. The van der Waals surface area contributed by atoms with Crippen LogP contribution in [0.1, 0.15) is 6.42 Å². The Hall–Kier alpha value is -0.870. The standard InChI is InChI=1S/C9H12ClN3O/c10-8-9(12-3-2-11-8)13-4-1-7(5-13)6-14/h2-3,7,14H,1,4-6H2. The molecular formula is C9H12ClN3O. The summed E-state index contributed by atoms with van der Waals surface area (Å²) >= 11 is 5.92. The lowest BCUT2D eigenvalue weighted by atomic mass is 10.1. The van der Waals surface area contributed by atoms with Gasteiger partial charge in [0.15, 0.2) is 11.0 Å². The minimum atomic E-state index is 0.231. The molecule has 1 atom stereocenters. The molecule has 14 heavy (non-hydrogen) atoms. The molecule has 1 aromatic rings. The fraction of sp³-hybridized carbons (Fsp3) is 0.556. The Morgan fingerprint density at radius 1 is 1.50 bits per heavy atom. The van der Waals surface area contributed by atoms with Gasteiger partial charge in [-0.1, -0.05) is 11.6 Å². The molecule has 1 saturated heterocycles. The summed E-state index contributed by atoms with van der Waals surface area (Å²) in [5, 5.41) is 9.44. The van der Waals surface area contributed by atoms with Gasteiger partial charge in [-0.15, -0.1) is 0 Å². The molecule has 5 heteroatoms. The second-order valence-corrected chi connectivity index (χ2v) is 3.81. The molecule has 1 aromatic heterocycles. The molecule has 1 aliphatic heterocycles. The average Bonchev–Trinajstić information content (AvgIpc) is 2.67. The van der Waals surface area contributed by atoms with E-state index in [-0.39, 0.29) is 6.61 Å². The average molecular weight is 214 g/mol. The fourth-order valence-electron chi connectivity index (χ4n) is 1.70. The number of aliphatic hydroxyl groups is 1. The second-order valence-electron chi connectivity index (χ2n) is 3.45. The van der Waals surface area contributed by atoms with E-state index in [4.69, 9.17) is 16.7 Å². The van der Waals surface area contributed by atoms with E-state index >= 15 is 0 Å². The maximum absolute atomic E-state index is 9.00. The third-order valence-corrected chi connectivity index (χ3v) is 2.75. The van der Waals surface area contributed by atoms with Crippen molar-refractivity contribution < 1.29 is 5.11 Å².